The van der Waals surface area contributed by atoms with E-state index in [1.54, 1.807) is 0 Å². The second-order valence-electron chi connectivity index (χ2n) is 7.86. The molecule has 0 heterocycles. The van der Waals surface area contributed by atoms with Gasteiger partial charge in [-0.05, 0) is 62.8 Å². The Kier molecular flexibility index (Phi) is 8.23. The monoisotopic (exact) mass is 368 g/mol. The van der Waals surface area contributed by atoms with Crippen molar-refractivity contribution in [1.29, 1.82) is 0 Å². The van der Waals surface area contributed by atoms with Gasteiger partial charge in [-0.1, -0.05) is 32.4 Å². The first-order valence-corrected chi connectivity index (χ1v) is 9.09. The number of benzene rings is 1. The van der Waals surface area contributed by atoms with Crippen LogP contribution in [0.3, 0.4) is 0 Å². The van der Waals surface area contributed by atoms with Gasteiger partial charge >= 0.3 is 0 Å². The molecule has 0 radical (unpaired) electrons. The number of hydrogen-bond donors (Lipinski definition) is 2. The number of carbonyl (C=O) groups excluding carboxylic acids is 1. The summed E-state index contributed by atoms with van der Waals surface area (Å²) in [6.07, 6.45) is 3.30. The van der Waals surface area contributed by atoms with Gasteiger partial charge in [-0.3, -0.25) is 4.79 Å². The maximum atomic E-state index is 12.8. The van der Waals surface area contributed by atoms with Crippen LogP contribution in [0.4, 0.5) is 0 Å². The molecular weight excluding hydrogens is 336 g/mol. The van der Waals surface area contributed by atoms with Crippen LogP contribution in [0, 0.1) is 11.8 Å². The molecule has 0 saturated heterocycles. The number of ether oxygens (including phenoxy) is 1. The van der Waals surface area contributed by atoms with Crippen molar-refractivity contribution in [1.82, 2.24) is 5.32 Å². The molecule has 25 heavy (non-hydrogen) atoms. The fourth-order valence-corrected chi connectivity index (χ4v) is 3.22. The average Bonchev–Trinajstić information content (AvgIpc) is 3.00. The second kappa shape index (κ2) is 9.44. The fraction of sp³-hybridized carbons (Fsp3) is 0.650. The van der Waals surface area contributed by atoms with E-state index in [0.717, 1.165) is 30.6 Å². The molecule has 0 aromatic heterocycles. The Morgan fingerprint density at radius 1 is 1.28 bits per heavy atom. The Morgan fingerprint density at radius 2 is 1.92 bits per heavy atom. The van der Waals surface area contributed by atoms with Crippen molar-refractivity contribution in [2.24, 2.45) is 17.6 Å². The Labute approximate surface area is 158 Å². The minimum absolute atomic E-state index is 0. The van der Waals surface area contributed by atoms with Crippen LogP contribution in [-0.2, 0) is 10.2 Å². The summed E-state index contributed by atoms with van der Waals surface area (Å²) < 4.78 is 5.72. The van der Waals surface area contributed by atoms with Crippen LogP contribution in [0.1, 0.15) is 52.5 Å². The summed E-state index contributed by atoms with van der Waals surface area (Å²) in [5.74, 6) is 1.83. The van der Waals surface area contributed by atoms with Gasteiger partial charge in [0.05, 0.1) is 12.0 Å². The van der Waals surface area contributed by atoms with Crippen LogP contribution in [0.2, 0.25) is 0 Å². The highest BCUT2D eigenvalue weighted by Gasteiger charge is 2.34. The summed E-state index contributed by atoms with van der Waals surface area (Å²) >= 11 is 0. The van der Waals surface area contributed by atoms with Crippen molar-refractivity contribution in [3.8, 4) is 5.75 Å². The third-order valence-electron chi connectivity index (χ3n) is 5.01. The molecule has 2 atom stereocenters. The third-order valence-corrected chi connectivity index (χ3v) is 5.01. The van der Waals surface area contributed by atoms with Crippen molar-refractivity contribution in [3.05, 3.63) is 29.8 Å². The number of nitrogens with two attached hydrogens (primary N) is 1. The van der Waals surface area contributed by atoms with E-state index in [1.807, 2.05) is 38.1 Å². The average molecular weight is 369 g/mol. The number of hydrogen-bond acceptors (Lipinski definition) is 3. The Hall–Kier alpha value is -1.26. The minimum Gasteiger partial charge on any atom is -0.493 e. The van der Waals surface area contributed by atoms with Gasteiger partial charge in [0.15, 0.2) is 0 Å². The van der Waals surface area contributed by atoms with Crippen LogP contribution in [0.5, 0.6) is 5.75 Å². The van der Waals surface area contributed by atoms with Gasteiger partial charge in [-0.15, -0.1) is 12.4 Å². The van der Waals surface area contributed by atoms with Crippen molar-refractivity contribution in [3.63, 3.8) is 0 Å². The number of amides is 1. The van der Waals surface area contributed by atoms with Gasteiger partial charge in [0, 0.05) is 6.04 Å². The SMILES string of the molecule is CC(C)COc1ccc(C(C)(C)C(=O)NC2CCCC2CN)cc1.Cl. The first kappa shape index (κ1) is 21.8. The fourth-order valence-electron chi connectivity index (χ4n) is 3.22. The topological polar surface area (TPSA) is 64.3 Å². The quantitative estimate of drug-likeness (QED) is 0.771. The molecule has 1 aliphatic rings. The van der Waals surface area contributed by atoms with Crippen LogP contribution >= 0.6 is 12.4 Å². The largest absolute Gasteiger partial charge is 0.493 e. The van der Waals surface area contributed by atoms with Gasteiger partial charge in [0.2, 0.25) is 5.91 Å². The van der Waals surface area contributed by atoms with E-state index in [-0.39, 0.29) is 24.4 Å². The zero-order valence-corrected chi connectivity index (χ0v) is 16.7. The molecule has 1 aliphatic carbocycles. The molecule has 1 saturated carbocycles. The second-order valence-corrected chi connectivity index (χ2v) is 7.86. The van der Waals surface area contributed by atoms with Crippen molar-refractivity contribution in [2.75, 3.05) is 13.2 Å². The number of halogens is 1. The lowest BCUT2D eigenvalue weighted by Crippen LogP contribution is -2.47. The molecule has 3 N–H and O–H groups in total. The van der Waals surface area contributed by atoms with Crippen LogP contribution in [0.15, 0.2) is 24.3 Å². The molecule has 1 amide bonds. The zero-order chi connectivity index (χ0) is 17.7. The molecule has 142 valence electrons. The maximum absolute atomic E-state index is 12.8. The van der Waals surface area contributed by atoms with Gasteiger partial charge in [0.25, 0.3) is 0 Å². The molecule has 2 unspecified atom stereocenters. The van der Waals surface area contributed by atoms with E-state index < -0.39 is 5.41 Å². The summed E-state index contributed by atoms with van der Waals surface area (Å²) in [5.41, 5.74) is 6.25. The molecule has 0 bridgehead atoms. The highest BCUT2D eigenvalue weighted by Crippen LogP contribution is 2.29. The third kappa shape index (κ3) is 5.61. The van der Waals surface area contributed by atoms with Gasteiger partial charge in [0.1, 0.15) is 5.75 Å². The van der Waals surface area contributed by atoms with Crippen molar-refractivity contribution < 1.29 is 9.53 Å². The van der Waals surface area contributed by atoms with Crippen LogP contribution < -0.4 is 15.8 Å². The standard InChI is InChI=1S/C20H32N2O2.ClH/c1-14(2)13-24-17-10-8-16(9-11-17)20(3,4)19(23)22-18-7-5-6-15(18)12-21;/h8-11,14-15,18H,5-7,12-13,21H2,1-4H3,(H,22,23);1H. The summed E-state index contributed by atoms with van der Waals surface area (Å²) in [6, 6.07) is 8.10. The molecule has 1 aromatic rings. The number of nitrogens with one attached hydrogen (secondary N) is 1. The highest BCUT2D eigenvalue weighted by molar-refractivity contribution is 5.87. The molecule has 4 nitrogen and oxygen atoms in total. The zero-order valence-electron chi connectivity index (χ0n) is 15.9. The molecule has 1 aromatic carbocycles. The van der Waals surface area contributed by atoms with E-state index in [1.165, 1.54) is 0 Å². The summed E-state index contributed by atoms with van der Waals surface area (Å²) in [4.78, 5) is 12.8. The van der Waals surface area contributed by atoms with Gasteiger partial charge in [-0.2, -0.15) is 0 Å². The Balaban J connectivity index is 0.00000312. The first-order valence-electron chi connectivity index (χ1n) is 9.09. The summed E-state index contributed by atoms with van der Waals surface area (Å²) in [5, 5.41) is 3.22. The maximum Gasteiger partial charge on any atom is 0.230 e. The van der Waals surface area contributed by atoms with E-state index in [9.17, 15) is 4.79 Å². The molecule has 2 rings (SSSR count). The van der Waals surface area contributed by atoms with Gasteiger partial charge in [-0.25, -0.2) is 0 Å². The van der Waals surface area contributed by atoms with E-state index in [4.69, 9.17) is 10.5 Å². The number of rotatable bonds is 7. The molecule has 0 spiro atoms. The first-order chi connectivity index (χ1) is 11.3. The van der Waals surface area contributed by atoms with E-state index in [2.05, 4.69) is 19.2 Å². The minimum atomic E-state index is -0.571. The molecule has 0 aliphatic heterocycles. The predicted octanol–water partition coefficient (Wildman–Crippen LogP) is 3.66. The van der Waals surface area contributed by atoms with Crippen LogP contribution in [-0.4, -0.2) is 25.1 Å². The lowest BCUT2D eigenvalue weighted by Gasteiger charge is -2.28. The van der Waals surface area contributed by atoms with E-state index >= 15 is 0 Å². The molecule has 1 fully saturated rings. The number of carbonyl (C=O) groups is 1. The predicted molar refractivity (Wildman–Crippen MR) is 105 cm³/mol. The molecule has 5 heteroatoms. The molecular formula is C20H33ClN2O2. The van der Waals surface area contributed by atoms with E-state index in [0.29, 0.717) is 25.0 Å². The lowest BCUT2D eigenvalue weighted by atomic mass is 9.83. The van der Waals surface area contributed by atoms with Crippen LogP contribution in [0.25, 0.3) is 0 Å². The van der Waals surface area contributed by atoms with Crippen molar-refractivity contribution >= 4 is 18.3 Å². The van der Waals surface area contributed by atoms with Gasteiger partial charge < -0.3 is 15.8 Å². The van der Waals surface area contributed by atoms with Crippen molar-refractivity contribution in [2.45, 2.75) is 58.4 Å². The normalized spacial score (nSPS) is 20.2. The smallest absolute Gasteiger partial charge is 0.230 e. The summed E-state index contributed by atoms with van der Waals surface area (Å²) in [6.45, 7) is 9.54. The Morgan fingerprint density at radius 3 is 2.48 bits per heavy atom. The summed E-state index contributed by atoms with van der Waals surface area (Å²) in [7, 11) is 0. The highest BCUT2D eigenvalue weighted by atomic mass is 35.5. The Bertz CT molecular complexity index is 543. The lowest BCUT2D eigenvalue weighted by molar-refractivity contribution is -0.126.